The molecule has 1 amide bonds. The van der Waals surface area contributed by atoms with E-state index in [-0.39, 0.29) is 30.6 Å². The summed E-state index contributed by atoms with van der Waals surface area (Å²) in [6, 6.07) is 7.76. The van der Waals surface area contributed by atoms with Gasteiger partial charge in [-0.2, -0.15) is 0 Å². The number of benzene rings is 1. The summed E-state index contributed by atoms with van der Waals surface area (Å²) in [5, 5.41) is 13.2. The molecule has 4 rings (SSSR count). The summed E-state index contributed by atoms with van der Waals surface area (Å²) >= 11 is 0. The minimum atomic E-state index is -0.712. The molecule has 2 aromatic rings. The number of carbonyl (C=O) groups is 2. The number of carboxylic acid groups (broad SMARTS) is 1. The molecule has 178 valence electrons. The summed E-state index contributed by atoms with van der Waals surface area (Å²) in [5.74, 6) is 0.610. The molecule has 0 spiro atoms. The van der Waals surface area contributed by atoms with Crippen LogP contribution >= 0.6 is 0 Å². The highest BCUT2D eigenvalue weighted by molar-refractivity contribution is 5.70. The van der Waals surface area contributed by atoms with Gasteiger partial charge in [-0.3, -0.25) is 4.79 Å². The zero-order valence-electron chi connectivity index (χ0n) is 19.3. The Labute approximate surface area is 193 Å². The fourth-order valence-corrected chi connectivity index (χ4v) is 4.83. The van der Waals surface area contributed by atoms with Crippen molar-refractivity contribution in [2.24, 2.45) is 11.8 Å². The molecular weight excluding hydrogens is 424 g/mol. The second-order valence-electron chi connectivity index (χ2n) is 9.23. The fourth-order valence-electron chi connectivity index (χ4n) is 4.83. The van der Waals surface area contributed by atoms with E-state index in [2.05, 4.69) is 5.16 Å². The van der Waals surface area contributed by atoms with Crippen molar-refractivity contribution in [3.8, 4) is 17.1 Å². The van der Waals surface area contributed by atoms with E-state index >= 15 is 0 Å². The number of aliphatic carboxylic acids is 1. The molecule has 0 bridgehead atoms. The third kappa shape index (κ3) is 5.49. The Kier molecular flexibility index (Phi) is 7.20. The fraction of sp³-hybridized carbons (Fsp3) is 0.560. The Balaban J connectivity index is 1.33. The Hall–Kier alpha value is -3.03. The highest BCUT2D eigenvalue weighted by Gasteiger charge is 2.30. The molecule has 8 heteroatoms. The van der Waals surface area contributed by atoms with Crippen LogP contribution in [0.4, 0.5) is 4.79 Å². The smallest absolute Gasteiger partial charge is 0.410 e. The monoisotopic (exact) mass is 456 g/mol. The molecule has 2 fully saturated rings. The van der Waals surface area contributed by atoms with Crippen LogP contribution < -0.4 is 4.74 Å². The van der Waals surface area contributed by atoms with Crippen molar-refractivity contribution < 1.29 is 28.7 Å². The van der Waals surface area contributed by atoms with Crippen LogP contribution in [0, 0.1) is 18.8 Å². The van der Waals surface area contributed by atoms with Crippen molar-refractivity contribution >= 4 is 12.1 Å². The maximum absolute atomic E-state index is 12.5. The first-order valence-corrected chi connectivity index (χ1v) is 11.7. The number of nitrogens with zero attached hydrogens (tertiary/aromatic N) is 2. The van der Waals surface area contributed by atoms with Crippen molar-refractivity contribution in [3.05, 3.63) is 35.5 Å². The molecule has 0 radical (unpaired) electrons. The summed E-state index contributed by atoms with van der Waals surface area (Å²) in [6.45, 7) is 2.45. The number of aromatic nitrogens is 1. The molecule has 2 aliphatic carbocycles. The number of hydrogen-bond acceptors (Lipinski definition) is 6. The first-order valence-electron chi connectivity index (χ1n) is 11.7. The predicted molar refractivity (Wildman–Crippen MR) is 121 cm³/mol. The van der Waals surface area contributed by atoms with Gasteiger partial charge in [0.25, 0.3) is 0 Å². The highest BCUT2D eigenvalue weighted by atomic mass is 16.6. The van der Waals surface area contributed by atoms with Gasteiger partial charge in [-0.15, -0.1) is 0 Å². The van der Waals surface area contributed by atoms with Gasteiger partial charge in [0.05, 0.1) is 23.8 Å². The van der Waals surface area contributed by atoms with E-state index in [9.17, 15) is 9.59 Å². The average Bonchev–Trinajstić information content (AvgIpc) is 3.57. The van der Waals surface area contributed by atoms with Crippen LogP contribution in [-0.2, 0) is 16.1 Å². The van der Waals surface area contributed by atoms with Crippen LogP contribution in [0.1, 0.15) is 56.2 Å². The SMILES string of the molecule is Cc1noc(-c2ccc(OC[C@@H]3CC[C@H](C(=O)O)C3)cc2)c1COC(=O)N(C)C1CCCC1. The Morgan fingerprint density at radius 2 is 1.88 bits per heavy atom. The van der Waals surface area contributed by atoms with Crippen molar-refractivity contribution in [2.45, 2.75) is 64.5 Å². The first-order chi connectivity index (χ1) is 15.9. The minimum absolute atomic E-state index is 0.102. The molecule has 2 aliphatic rings. The Morgan fingerprint density at radius 3 is 2.55 bits per heavy atom. The van der Waals surface area contributed by atoms with Gasteiger partial charge in [-0.05, 0) is 69.2 Å². The number of carboxylic acids is 1. The van der Waals surface area contributed by atoms with Crippen LogP contribution in [0.2, 0.25) is 0 Å². The van der Waals surface area contributed by atoms with Gasteiger partial charge in [0, 0.05) is 18.7 Å². The second kappa shape index (κ2) is 10.3. The molecule has 0 aliphatic heterocycles. The summed E-state index contributed by atoms with van der Waals surface area (Å²) in [6.07, 6.45) is 6.30. The van der Waals surface area contributed by atoms with Crippen LogP contribution in [0.15, 0.2) is 28.8 Å². The zero-order valence-corrected chi connectivity index (χ0v) is 19.3. The van der Waals surface area contributed by atoms with Crippen molar-refractivity contribution in [2.75, 3.05) is 13.7 Å². The minimum Gasteiger partial charge on any atom is -0.493 e. The maximum Gasteiger partial charge on any atom is 0.410 e. The summed E-state index contributed by atoms with van der Waals surface area (Å²) in [4.78, 5) is 25.3. The molecule has 1 heterocycles. The third-order valence-corrected chi connectivity index (χ3v) is 6.98. The topological polar surface area (TPSA) is 102 Å². The van der Waals surface area contributed by atoms with E-state index in [1.807, 2.05) is 31.2 Å². The van der Waals surface area contributed by atoms with E-state index in [4.69, 9.17) is 19.1 Å². The number of aryl methyl sites for hydroxylation is 1. The van der Waals surface area contributed by atoms with Gasteiger partial charge >= 0.3 is 12.1 Å². The Morgan fingerprint density at radius 1 is 1.15 bits per heavy atom. The number of rotatable bonds is 8. The van der Waals surface area contributed by atoms with Gasteiger partial charge in [0.15, 0.2) is 5.76 Å². The van der Waals surface area contributed by atoms with Crippen molar-refractivity contribution in [1.29, 1.82) is 0 Å². The lowest BCUT2D eigenvalue weighted by atomic mass is 10.1. The number of ether oxygens (including phenoxy) is 2. The van der Waals surface area contributed by atoms with Gasteiger partial charge in [-0.1, -0.05) is 18.0 Å². The van der Waals surface area contributed by atoms with Crippen LogP contribution in [0.3, 0.4) is 0 Å². The number of carbonyl (C=O) groups excluding carboxylic acids is 1. The van der Waals surface area contributed by atoms with E-state index in [0.29, 0.717) is 24.5 Å². The highest BCUT2D eigenvalue weighted by Crippen LogP contribution is 2.32. The van der Waals surface area contributed by atoms with Crippen molar-refractivity contribution in [3.63, 3.8) is 0 Å². The lowest BCUT2D eigenvalue weighted by Gasteiger charge is -2.23. The van der Waals surface area contributed by atoms with Crippen LogP contribution in [0.25, 0.3) is 11.3 Å². The molecule has 1 aromatic heterocycles. The van der Waals surface area contributed by atoms with Crippen LogP contribution in [-0.4, -0.2) is 46.9 Å². The summed E-state index contributed by atoms with van der Waals surface area (Å²) in [5.41, 5.74) is 2.27. The second-order valence-corrected chi connectivity index (χ2v) is 9.23. The van der Waals surface area contributed by atoms with E-state index in [0.717, 1.165) is 55.4 Å². The zero-order chi connectivity index (χ0) is 23.4. The molecule has 8 nitrogen and oxygen atoms in total. The molecule has 1 N–H and O–H groups in total. The average molecular weight is 457 g/mol. The molecule has 33 heavy (non-hydrogen) atoms. The first kappa shape index (κ1) is 23.1. The molecule has 0 unspecified atom stereocenters. The third-order valence-electron chi connectivity index (χ3n) is 6.98. The summed E-state index contributed by atoms with van der Waals surface area (Å²) in [7, 11) is 1.80. The van der Waals surface area contributed by atoms with E-state index in [1.165, 1.54) is 0 Å². The Bertz CT molecular complexity index is 964. The van der Waals surface area contributed by atoms with Gasteiger partial charge in [0.2, 0.25) is 0 Å². The lowest BCUT2D eigenvalue weighted by Crippen LogP contribution is -2.35. The predicted octanol–water partition coefficient (Wildman–Crippen LogP) is 5.04. The molecule has 1 aromatic carbocycles. The van der Waals surface area contributed by atoms with E-state index < -0.39 is 5.97 Å². The van der Waals surface area contributed by atoms with Crippen molar-refractivity contribution in [1.82, 2.24) is 10.1 Å². The van der Waals surface area contributed by atoms with Gasteiger partial charge in [-0.25, -0.2) is 4.79 Å². The lowest BCUT2D eigenvalue weighted by molar-refractivity contribution is -0.141. The van der Waals surface area contributed by atoms with Crippen LogP contribution in [0.5, 0.6) is 5.75 Å². The number of amides is 1. The number of hydrogen-bond donors (Lipinski definition) is 1. The standard InChI is InChI=1S/C25H32N2O6/c1-16-22(15-32-25(30)27(2)20-5-3-4-6-20)23(33-26-16)18-9-11-21(12-10-18)31-14-17-7-8-19(13-17)24(28)29/h9-12,17,19-20H,3-8,13-15H2,1-2H3,(H,28,29)/t17-,19+/m1/s1. The molecule has 0 saturated heterocycles. The maximum atomic E-state index is 12.5. The normalized spacial score (nSPS) is 20.7. The van der Waals surface area contributed by atoms with Gasteiger partial charge < -0.3 is 24.0 Å². The van der Waals surface area contributed by atoms with Gasteiger partial charge in [0.1, 0.15) is 12.4 Å². The molecule has 2 saturated carbocycles. The largest absolute Gasteiger partial charge is 0.493 e. The molecular formula is C25H32N2O6. The summed E-state index contributed by atoms with van der Waals surface area (Å²) < 4.78 is 17.0. The quantitative estimate of drug-likeness (QED) is 0.593. The van der Waals surface area contributed by atoms with E-state index in [1.54, 1.807) is 11.9 Å². The molecule has 2 atom stereocenters.